The highest BCUT2D eigenvalue weighted by molar-refractivity contribution is 5.97. The van der Waals surface area contributed by atoms with E-state index in [1.54, 1.807) is 19.9 Å². The Hall–Kier alpha value is -1.91. The van der Waals surface area contributed by atoms with Gasteiger partial charge in [-0.3, -0.25) is 4.79 Å². The second-order valence-corrected chi connectivity index (χ2v) is 5.25. The van der Waals surface area contributed by atoms with Gasteiger partial charge in [0.15, 0.2) is 0 Å². The summed E-state index contributed by atoms with van der Waals surface area (Å²) < 4.78 is 18.9. The predicted octanol–water partition coefficient (Wildman–Crippen LogP) is 2.69. The van der Waals surface area contributed by atoms with Gasteiger partial charge in [-0.25, -0.2) is 9.18 Å². The molecule has 0 radical (unpaired) electrons. The monoisotopic (exact) mass is 293 g/mol. The van der Waals surface area contributed by atoms with E-state index in [1.807, 2.05) is 0 Å². The molecular formula is C16H20FNO3. The molecule has 1 heterocycles. The number of likely N-dealkylation sites (tertiary alicyclic amines) is 1. The largest absolute Gasteiger partial charge is 0.464 e. The Kier molecular flexibility index (Phi) is 4.94. The number of ether oxygens (including phenoxy) is 1. The van der Waals surface area contributed by atoms with Crippen LogP contribution in [0.15, 0.2) is 18.2 Å². The molecular weight excluding hydrogens is 273 g/mol. The van der Waals surface area contributed by atoms with Gasteiger partial charge in [0.2, 0.25) is 0 Å². The molecule has 1 amide bonds. The smallest absolute Gasteiger partial charge is 0.328 e. The number of amides is 1. The molecule has 2 rings (SSSR count). The number of piperidine rings is 1. The second-order valence-electron chi connectivity index (χ2n) is 5.25. The summed E-state index contributed by atoms with van der Waals surface area (Å²) in [7, 11) is 0. The lowest BCUT2D eigenvalue weighted by Crippen LogP contribution is -2.48. The van der Waals surface area contributed by atoms with Crippen molar-refractivity contribution in [3.8, 4) is 0 Å². The number of esters is 1. The van der Waals surface area contributed by atoms with Gasteiger partial charge in [0, 0.05) is 6.54 Å². The van der Waals surface area contributed by atoms with Gasteiger partial charge >= 0.3 is 5.97 Å². The highest BCUT2D eigenvalue weighted by atomic mass is 19.1. The molecule has 1 aromatic rings. The summed E-state index contributed by atoms with van der Waals surface area (Å²) in [6, 6.07) is 3.82. The van der Waals surface area contributed by atoms with E-state index in [2.05, 4.69) is 0 Å². The number of carbonyl (C=O) groups is 2. The quantitative estimate of drug-likeness (QED) is 0.805. The summed E-state index contributed by atoms with van der Waals surface area (Å²) >= 11 is 0. The van der Waals surface area contributed by atoms with Crippen molar-refractivity contribution in [3.05, 3.63) is 35.1 Å². The molecule has 1 aliphatic rings. The second kappa shape index (κ2) is 6.70. The molecule has 1 fully saturated rings. The van der Waals surface area contributed by atoms with Crippen LogP contribution in [-0.2, 0) is 9.53 Å². The van der Waals surface area contributed by atoms with Crippen LogP contribution in [0.25, 0.3) is 0 Å². The first-order valence-corrected chi connectivity index (χ1v) is 7.28. The molecule has 21 heavy (non-hydrogen) atoms. The topological polar surface area (TPSA) is 46.6 Å². The molecule has 0 aromatic heterocycles. The summed E-state index contributed by atoms with van der Waals surface area (Å²) in [5.74, 6) is -1.40. The van der Waals surface area contributed by atoms with Crippen LogP contribution in [0.2, 0.25) is 0 Å². The van der Waals surface area contributed by atoms with Crippen molar-refractivity contribution in [2.24, 2.45) is 0 Å². The first kappa shape index (κ1) is 15.5. The van der Waals surface area contributed by atoms with Gasteiger partial charge in [-0.15, -0.1) is 0 Å². The zero-order valence-electron chi connectivity index (χ0n) is 12.4. The van der Waals surface area contributed by atoms with Gasteiger partial charge in [-0.05, 0) is 45.2 Å². The number of rotatable bonds is 3. The standard InChI is InChI=1S/C16H20FNO3/c1-3-21-16(20)14-6-4-5-9-18(14)15(19)12-10-11(2)7-8-13(12)17/h7-8,10,14H,3-6,9H2,1-2H3. The van der Waals surface area contributed by atoms with Crippen molar-refractivity contribution >= 4 is 11.9 Å². The molecule has 4 nitrogen and oxygen atoms in total. The van der Waals surface area contributed by atoms with Crippen LogP contribution in [0, 0.1) is 12.7 Å². The Labute approximate surface area is 123 Å². The van der Waals surface area contributed by atoms with E-state index in [1.165, 1.54) is 17.0 Å². The lowest BCUT2D eigenvalue weighted by molar-refractivity contribution is -0.149. The summed E-state index contributed by atoms with van der Waals surface area (Å²) in [6.45, 7) is 4.26. The minimum Gasteiger partial charge on any atom is -0.464 e. The number of hydrogen-bond donors (Lipinski definition) is 0. The van der Waals surface area contributed by atoms with E-state index in [-0.39, 0.29) is 12.2 Å². The fourth-order valence-electron chi connectivity index (χ4n) is 2.62. The van der Waals surface area contributed by atoms with Gasteiger partial charge in [0.25, 0.3) is 5.91 Å². The molecule has 1 atom stereocenters. The van der Waals surface area contributed by atoms with Crippen LogP contribution in [0.3, 0.4) is 0 Å². The van der Waals surface area contributed by atoms with E-state index in [0.29, 0.717) is 13.0 Å². The third kappa shape index (κ3) is 3.40. The maximum Gasteiger partial charge on any atom is 0.328 e. The molecule has 1 unspecified atom stereocenters. The minimum absolute atomic E-state index is 0.0196. The van der Waals surface area contributed by atoms with Crippen molar-refractivity contribution < 1.29 is 18.7 Å². The highest BCUT2D eigenvalue weighted by Crippen LogP contribution is 2.22. The van der Waals surface area contributed by atoms with Gasteiger partial charge < -0.3 is 9.64 Å². The van der Waals surface area contributed by atoms with E-state index in [4.69, 9.17) is 4.74 Å². The Bertz CT molecular complexity index is 544. The van der Waals surface area contributed by atoms with E-state index < -0.39 is 23.7 Å². The lowest BCUT2D eigenvalue weighted by atomic mass is 10.00. The number of benzene rings is 1. The van der Waals surface area contributed by atoms with Crippen molar-refractivity contribution in [3.63, 3.8) is 0 Å². The summed E-state index contributed by atoms with van der Waals surface area (Å²) in [5, 5.41) is 0. The maximum absolute atomic E-state index is 13.9. The molecule has 0 aliphatic carbocycles. The molecule has 114 valence electrons. The third-order valence-corrected chi connectivity index (χ3v) is 3.67. The average molecular weight is 293 g/mol. The Morgan fingerprint density at radius 1 is 1.38 bits per heavy atom. The SMILES string of the molecule is CCOC(=O)C1CCCCN1C(=O)c1cc(C)ccc1F. The normalized spacial score (nSPS) is 18.4. The molecule has 0 saturated carbocycles. The number of halogens is 1. The average Bonchev–Trinajstić information content (AvgIpc) is 2.49. The van der Waals surface area contributed by atoms with E-state index in [0.717, 1.165) is 18.4 Å². The van der Waals surface area contributed by atoms with E-state index >= 15 is 0 Å². The zero-order chi connectivity index (χ0) is 15.4. The summed E-state index contributed by atoms with van der Waals surface area (Å²) in [5.41, 5.74) is 0.829. The predicted molar refractivity (Wildman–Crippen MR) is 76.4 cm³/mol. The number of nitrogens with zero attached hydrogens (tertiary/aromatic N) is 1. The number of aryl methyl sites for hydroxylation is 1. The summed E-state index contributed by atoms with van der Waals surface area (Å²) in [6.07, 6.45) is 2.25. The van der Waals surface area contributed by atoms with Crippen LogP contribution in [0.1, 0.15) is 42.1 Å². The molecule has 1 saturated heterocycles. The first-order chi connectivity index (χ1) is 10.0. The van der Waals surface area contributed by atoms with E-state index in [9.17, 15) is 14.0 Å². The molecule has 0 N–H and O–H groups in total. The van der Waals surface area contributed by atoms with Gasteiger partial charge in [-0.1, -0.05) is 11.6 Å². The minimum atomic E-state index is -0.605. The molecule has 1 aromatic carbocycles. The number of carbonyl (C=O) groups excluding carboxylic acids is 2. The van der Waals surface area contributed by atoms with Gasteiger partial charge in [0.05, 0.1) is 12.2 Å². The lowest BCUT2D eigenvalue weighted by Gasteiger charge is -2.34. The van der Waals surface area contributed by atoms with Crippen LogP contribution < -0.4 is 0 Å². The van der Waals surface area contributed by atoms with Crippen molar-refractivity contribution in [1.29, 1.82) is 0 Å². The zero-order valence-corrected chi connectivity index (χ0v) is 12.4. The van der Waals surface area contributed by atoms with Crippen molar-refractivity contribution in [2.75, 3.05) is 13.2 Å². The van der Waals surface area contributed by atoms with Crippen molar-refractivity contribution in [1.82, 2.24) is 4.90 Å². The maximum atomic E-state index is 13.9. The van der Waals surface area contributed by atoms with Crippen LogP contribution in [0.4, 0.5) is 4.39 Å². The van der Waals surface area contributed by atoms with Crippen LogP contribution >= 0.6 is 0 Å². The fraction of sp³-hybridized carbons (Fsp3) is 0.500. The highest BCUT2D eigenvalue weighted by Gasteiger charge is 2.34. The fourth-order valence-corrected chi connectivity index (χ4v) is 2.62. The van der Waals surface area contributed by atoms with Crippen molar-refractivity contribution in [2.45, 2.75) is 39.2 Å². The third-order valence-electron chi connectivity index (χ3n) is 3.67. The molecule has 1 aliphatic heterocycles. The van der Waals surface area contributed by atoms with Gasteiger partial charge in [-0.2, -0.15) is 0 Å². The van der Waals surface area contributed by atoms with Crippen LogP contribution in [-0.4, -0.2) is 36.0 Å². The van der Waals surface area contributed by atoms with Gasteiger partial charge in [0.1, 0.15) is 11.9 Å². The molecule has 0 spiro atoms. The van der Waals surface area contributed by atoms with Crippen LogP contribution in [0.5, 0.6) is 0 Å². The number of hydrogen-bond acceptors (Lipinski definition) is 3. The first-order valence-electron chi connectivity index (χ1n) is 7.28. The molecule has 5 heteroatoms. The Morgan fingerprint density at radius 2 is 2.14 bits per heavy atom. The molecule has 0 bridgehead atoms. The summed E-state index contributed by atoms with van der Waals surface area (Å²) in [4.78, 5) is 26.0. The Morgan fingerprint density at radius 3 is 2.86 bits per heavy atom. The Balaban J connectivity index is 2.26.